The minimum absolute atomic E-state index is 0.139. The van der Waals surface area contributed by atoms with Crippen LogP contribution in [0.1, 0.15) is 11.7 Å². The van der Waals surface area contributed by atoms with Crippen LogP contribution in [0.5, 0.6) is 0 Å². The first kappa shape index (κ1) is 12.1. The monoisotopic (exact) mass is 226 g/mol. The second-order valence-corrected chi connectivity index (χ2v) is 3.16. The number of nitro benzene ring substituents is 1. The number of carboxylic acid groups (broad SMARTS) is 1. The molecule has 0 bridgehead atoms. The molecule has 16 heavy (non-hydrogen) atoms. The van der Waals surface area contributed by atoms with Crippen LogP contribution < -0.4 is 5.73 Å². The summed E-state index contributed by atoms with van der Waals surface area (Å²) < 4.78 is 0. The SMILES string of the molecule is N[C@H](C(=O)O)[C@@H](O)c1ccc([N+](=O)[O-])cc1. The molecule has 1 rings (SSSR count). The van der Waals surface area contributed by atoms with Gasteiger partial charge in [-0.15, -0.1) is 0 Å². The molecule has 0 spiro atoms. The fourth-order valence-electron chi connectivity index (χ4n) is 1.14. The van der Waals surface area contributed by atoms with E-state index in [1.807, 2.05) is 0 Å². The van der Waals surface area contributed by atoms with Crippen molar-refractivity contribution in [2.45, 2.75) is 12.1 Å². The second-order valence-electron chi connectivity index (χ2n) is 3.16. The number of rotatable bonds is 4. The van der Waals surface area contributed by atoms with Crippen LogP contribution >= 0.6 is 0 Å². The Labute approximate surface area is 90.3 Å². The molecular formula is C9H10N2O5. The Balaban J connectivity index is 2.89. The number of aliphatic hydroxyl groups is 1. The van der Waals surface area contributed by atoms with E-state index in [2.05, 4.69) is 0 Å². The predicted octanol–water partition coefficient (Wildman–Crippen LogP) is 0.0401. The maximum Gasteiger partial charge on any atom is 0.323 e. The quantitative estimate of drug-likeness (QED) is 0.491. The normalized spacial score (nSPS) is 14.1. The molecule has 0 aliphatic heterocycles. The first-order valence-electron chi connectivity index (χ1n) is 4.34. The zero-order valence-corrected chi connectivity index (χ0v) is 8.11. The van der Waals surface area contributed by atoms with E-state index >= 15 is 0 Å². The van der Waals surface area contributed by atoms with Gasteiger partial charge in [0, 0.05) is 12.1 Å². The summed E-state index contributed by atoms with van der Waals surface area (Å²) in [5.41, 5.74) is 5.29. The summed E-state index contributed by atoms with van der Waals surface area (Å²) in [6.45, 7) is 0. The molecule has 0 radical (unpaired) electrons. The van der Waals surface area contributed by atoms with Crippen molar-refractivity contribution in [1.82, 2.24) is 0 Å². The van der Waals surface area contributed by atoms with E-state index in [4.69, 9.17) is 10.8 Å². The minimum atomic E-state index is -1.46. The Morgan fingerprint density at radius 3 is 2.25 bits per heavy atom. The van der Waals surface area contributed by atoms with Gasteiger partial charge in [-0.05, 0) is 17.7 Å². The van der Waals surface area contributed by atoms with Gasteiger partial charge in [-0.25, -0.2) is 0 Å². The molecule has 0 fully saturated rings. The summed E-state index contributed by atoms with van der Waals surface area (Å²) in [5, 5.41) is 28.4. The number of carbonyl (C=O) groups is 1. The van der Waals surface area contributed by atoms with Gasteiger partial charge in [0.15, 0.2) is 0 Å². The minimum Gasteiger partial charge on any atom is -0.480 e. The number of benzene rings is 1. The van der Waals surface area contributed by atoms with Gasteiger partial charge in [0.2, 0.25) is 0 Å². The fourth-order valence-corrected chi connectivity index (χ4v) is 1.14. The van der Waals surface area contributed by atoms with Crippen molar-refractivity contribution in [1.29, 1.82) is 0 Å². The van der Waals surface area contributed by atoms with E-state index in [9.17, 15) is 20.0 Å². The molecule has 0 saturated heterocycles. The van der Waals surface area contributed by atoms with Crippen LogP contribution in [0.15, 0.2) is 24.3 Å². The highest BCUT2D eigenvalue weighted by molar-refractivity contribution is 5.74. The fraction of sp³-hybridized carbons (Fsp3) is 0.222. The lowest BCUT2D eigenvalue weighted by Crippen LogP contribution is -2.36. The van der Waals surface area contributed by atoms with Gasteiger partial charge in [0.1, 0.15) is 12.1 Å². The molecular weight excluding hydrogens is 216 g/mol. The number of carboxylic acids is 1. The van der Waals surface area contributed by atoms with Gasteiger partial charge in [-0.3, -0.25) is 14.9 Å². The molecule has 7 heteroatoms. The van der Waals surface area contributed by atoms with Gasteiger partial charge in [-0.2, -0.15) is 0 Å². The molecule has 0 unspecified atom stereocenters. The Morgan fingerprint density at radius 1 is 1.38 bits per heavy atom. The highest BCUT2D eigenvalue weighted by Gasteiger charge is 2.23. The number of aliphatic hydroxyl groups excluding tert-OH is 1. The maximum atomic E-state index is 10.5. The summed E-state index contributed by atoms with van der Waals surface area (Å²) in [7, 11) is 0. The van der Waals surface area contributed by atoms with Crippen molar-refractivity contribution >= 4 is 11.7 Å². The summed E-state index contributed by atoms with van der Waals surface area (Å²) in [6.07, 6.45) is -1.39. The van der Waals surface area contributed by atoms with Crippen molar-refractivity contribution in [2.75, 3.05) is 0 Å². The summed E-state index contributed by atoms with van der Waals surface area (Å²) in [4.78, 5) is 20.3. The molecule has 0 aromatic heterocycles. The zero-order valence-electron chi connectivity index (χ0n) is 8.11. The molecule has 0 saturated carbocycles. The van der Waals surface area contributed by atoms with Crippen LogP contribution in [0.4, 0.5) is 5.69 Å². The average molecular weight is 226 g/mol. The van der Waals surface area contributed by atoms with Crippen LogP contribution in [0.2, 0.25) is 0 Å². The highest BCUT2D eigenvalue weighted by atomic mass is 16.6. The van der Waals surface area contributed by atoms with Crippen molar-refractivity contribution in [3.05, 3.63) is 39.9 Å². The number of nitrogens with zero attached hydrogens (tertiary/aromatic N) is 1. The highest BCUT2D eigenvalue weighted by Crippen LogP contribution is 2.19. The van der Waals surface area contributed by atoms with Gasteiger partial charge in [0.05, 0.1) is 4.92 Å². The average Bonchev–Trinajstić information content (AvgIpc) is 2.27. The standard InChI is InChI=1S/C9H10N2O5/c10-7(9(13)14)8(12)5-1-3-6(4-2-5)11(15)16/h1-4,7-8,12H,10H2,(H,13,14)/t7-,8-/m0/s1. The third-order valence-electron chi connectivity index (χ3n) is 2.07. The van der Waals surface area contributed by atoms with E-state index in [1.165, 1.54) is 24.3 Å². The van der Waals surface area contributed by atoms with Crippen LogP contribution in [-0.4, -0.2) is 27.1 Å². The lowest BCUT2D eigenvalue weighted by atomic mass is 10.0. The summed E-state index contributed by atoms with van der Waals surface area (Å²) in [5.74, 6) is -1.34. The van der Waals surface area contributed by atoms with Crippen molar-refractivity contribution in [3.8, 4) is 0 Å². The molecule has 2 atom stereocenters. The molecule has 7 nitrogen and oxygen atoms in total. The van der Waals surface area contributed by atoms with Gasteiger partial charge < -0.3 is 15.9 Å². The molecule has 0 heterocycles. The molecule has 86 valence electrons. The molecule has 1 aromatic rings. The molecule has 0 aliphatic carbocycles. The van der Waals surface area contributed by atoms with E-state index in [1.54, 1.807) is 0 Å². The van der Waals surface area contributed by atoms with E-state index < -0.39 is 23.0 Å². The number of aliphatic carboxylic acids is 1. The van der Waals surface area contributed by atoms with E-state index in [0.717, 1.165) is 0 Å². The van der Waals surface area contributed by atoms with Crippen LogP contribution in [0, 0.1) is 10.1 Å². The molecule has 0 aliphatic rings. The Bertz CT molecular complexity index is 403. The topological polar surface area (TPSA) is 127 Å². The first-order chi connectivity index (χ1) is 7.43. The number of hydrogen-bond donors (Lipinski definition) is 3. The smallest absolute Gasteiger partial charge is 0.323 e. The number of hydrogen-bond acceptors (Lipinski definition) is 5. The van der Waals surface area contributed by atoms with Gasteiger partial charge in [0.25, 0.3) is 5.69 Å². The Morgan fingerprint density at radius 2 is 1.88 bits per heavy atom. The predicted molar refractivity (Wildman–Crippen MR) is 53.7 cm³/mol. The third kappa shape index (κ3) is 2.53. The molecule has 0 amide bonds. The largest absolute Gasteiger partial charge is 0.480 e. The summed E-state index contributed by atoms with van der Waals surface area (Å²) >= 11 is 0. The van der Waals surface area contributed by atoms with Crippen molar-refractivity contribution in [2.24, 2.45) is 5.73 Å². The second kappa shape index (κ2) is 4.69. The number of nitro groups is 1. The third-order valence-corrected chi connectivity index (χ3v) is 2.07. The lowest BCUT2D eigenvalue weighted by molar-refractivity contribution is -0.384. The van der Waals surface area contributed by atoms with Crippen LogP contribution in [0.25, 0.3) is 0 Å². The van der Waals surface area contributed by atoms with Gasteiger partial charge >= 0.3 is 5.97 Å². The first-order valence-corrected chi connectivity index (χ1v) is 4.34. The van der Waals surface area contributed by atoms with Crippen LogP contribution in [-0.2, 0) is 4.79 Å². The van der Waals surface area contributed by atoms with Crippen molar-refractivity contribution in [3.63, 3.8) is 0 Å². The maximum absolute atomic E-state index is 10.5. The Kier molecular flexibility index (Phi) is 3.54. The Hall–Kier alpha value is -1.99. The van der Waals surface area contributed by atoms with E-state index in [-0.39, 0.29) is 11.3 Å². The van der Waals surface area contributed by atoms with Crippen molar-refractivity contribution < 1.29 is 19.9 Å². The lowest BCUT2D eigenvalue weighted by Gasteiger charge is -2.14. The van der Waals surface area contributed by atoms with E-state index in [0.29, 0.717) is 0 Å². The number of nitrogens with two attached hydrogens (primary N) is 1. The summed E-state index contributed by atoms with van der Waals surface area (Å²) in [6, 6.07) is 3.43. The van der Waals surface area contributed by atoms with Crippen LogP contribution in [0.3, 0.4) is 0 Å². The van der Waals surface area contributed by atoms with Gasteiger partial charge in [-0.1, -0.05) is 0 Å². The zero-order chi connectivity index (χ0) is 12.3. The molecule has 4 N–H and O–H groups in total. The molecule has 1 aromatic carbocycles. The number of non-ortho nitro benzene ring substituents is 1.